The summed E-state index contributed by atoms with van der Waals surface area (Å²) in [4.78, 5) is 0. The Kier molecular flexibility index (Phi) is 9.13. The van der Waals surface area contributed by atoms with Gasteiger partial charge in [-0.25, -0.2) is 0 Å². The van der Waals surface area contributed by atoms with E-state index in [0.29, 0.717) is 0 Å². The van der Waals surface area contributed by atoms with Crippen LogP contribution in [0, 0.1) is 11.8 Å². The van der Waals surface area contributed by atoms with Crippen molar-refractivity contribution in [1.29, 1.82) is 0 Å². The van der Waals surface area contributed by atoms with Gasteiger partial charge in [-0.15, -0.1) is 0 Å². The Hall–Kier alpha value is -0.260. The second-order valence-corrected chi connectivity index (χ2v) is 5.13. The molecule has 14 heavy (non-hydrogen) atoms. The van der Waals surface area contributed by atoms with Crippen molar-refractivity contribution in [2.45, 2.75) is 66.2 Å². The Balaban J connectivity index is 3.09. The molecule has 0 nitrogen and oxygen atoms in total. The van der Waals surface area contributed by atoms with Crippen molar-refractivity contribution in [2.24, 2.45) is 11.8 Å². The first-order chi connectivity index (χ1) is 6.63. The summed E-state index contributed by atoms with van der Waals surface area (Å²) in [7, 11) is 0. The maximum absolute atomic E-state index is 2.36. The SMILES string of the molecule is CC(C)C/C=C\CCCCCC(C)C. The van der Waals surface area contributed by atoms with Crippen molar-refractivity contribution >= 4 is 0 Å². The third-order valence-corrected chi connectivity index (χ3v) is 2.43. The Labute approximate surface area is 90.8 Å². The largest absolute Gasteiger partial charge is 0.0885 e. The molecule has 0 aliphatic rings. The first-order valence-electron chi connectivity index (χ1n) is 6.28. The molecule has 0 saturated carbocycles. The van der Waals surface area contributed by atoms with Gasteiger partial charge < -0.3 is 0 Å². The molecule has 0 heteroatoms. The highest BCUT2D eigenvalue weighted by atomic mass is 14.0. The first-order valence-corrected chi connectivity index (χ1v) is 6.28. The summed E-state index contributed by atoms with van der Waals surface area (Å²) in [5.41, 5.74) is 0. The summed E-state index contributed by atoms with van der Waals surface area (Å²) >= 11 is 0. The van der Waals surface area contributed by atoms with Crippen LogP contribution in [-0.2, 0) is 0 Å². The third kappa shape index (κ3) is 11.7. The second-order valence-electron chi connectivity index (χ2n) is 5.13. The van der Waals surface area contributed by atoms with E-state index < -0.39 is 0 Å². The van der Waals surface area contributed by atoms with E-state index in [1.165, 1.54) is 38.5 Å². The zero-order valence-corrected chi connectivity index (χ0v) is 10.6. The van der Waals surface area contributed by atoms with Gasteiger partial charge in [0.15, 0.2) is 0 Å². The van der Waals surface area contributed by atoms with E-state index in [1.807, 2.05) is 0 Å². The van der Waals surface area contributed by atoms with Crippen LogP contribution >= 0.6 is 0 Å². The third-order valence-electron chi connectivity index (χ3n) is 2.43. The predicted octanol–water partition coefficient (Wildman–Crippen LogP) is 5.20. The fraction of sp³-hybridized carbons (Fsp3) is 0.857. The molecule has 0 spiro atoms. The van der Waals surface area contributed by atoms with Crippen LogP contribution in [0.25, 0.3) is 0 Å². The van der Waals surface area contributed by atoms with Gasteiger partial charge in [-0.2, -0.15) is 0 Å². The van der Waals surface area contributed by atoms with E-state index in [1.54, 1.807) is 0 Å². The molecule has 0 unspecified atom stereocenters. The van der Waals surface area contributed by atoms with Crippen molar-refractivity contribution in [3.8, 4) is 0 Å². The van der Waals surface area contributed by atoms with Gasteiger partial charge >= 0.3 is 0 Å². The molecule has 0 amide bonds. The number of allylic oxidation sites excluding steroid dienone is 2. The van der Waals surface area contributed by atoms with Crippen LogP contribution in [0.1, 0.15) is 66.2 Å². The smallest absolute Gasteiger partial charge is 0.0327 e. The Bertz CT molecular complexity index is 131. The number of hydrogen-bond acceptors (Lipinski definition) is 0. The topological polar surface area (TPSA) is 0 Å². The molecule has 0 bridgehead atoms. The van der Waals surface area contributed by atoms with E-state index in [2.05, 4.69) is 39.8 Å². The van der Waals surface area contributed by atoms with Crippen LogP contribution in [0.2, 0.25) is 0 Å². The highest BCUT2D eigenvalue weighted by molar-refractivity contribution is 4.82. The summed E-state index contributed by atoms with van der Waals surface area (Å²) < 4.78 is 0. The normalized spacial score (nSPS) is 12.1. The van der Waals surface area contributed by atoms with E-state index in [4.69, 9.17) is 0 Å². The number of hydrogen-bond donors (Lipinski definition) is 0. The summed E-state index contributed by atoms with van der Waals surface area (Å²) in [5.74, 6) is 1.69. The molecule has 0 atom stereocenters. The molecule has 0 heterocycles. The van der Waals surface area contributed by atoms with Crippen molar-refractivity contribution in [1.82, 2.24) is 0 Å². The number of rotatable bonds is 8. The van der Waals surface area contributed by atoms with Gasteiger partial charge in [0.05, 0.1) is 0 Å². The summed E-state index contributed by atoms with van der Waals surface area (Å²) in [6.07, 6.45) is 12.8. The molecular weight excluding hydrogens is 168 g/mol. The lowest BCUT2D eigenvalue weighted by atomic mass is 10.0. The van der Waals surface area contributed by atoms with E-state index in [9.17, 15) is 0 Å². The molecule has 0 N–H and O–H groups in total. The summed E-state index contributed by atoms with van der Waals surface area (Å²) in [6.45, 7) is 9.16. The van der Waals surface area contributed by atoms with Crippen LogP contribution in [0.3, 0.4) is 0 Å². The highest BCUT2D eigenvalue weighted by Gasteiger charge is 1.93. The van der Waals surface area contributed by atoms with Gasteiger partial charge in [0.2, 0.25) is 0 Å². The van der Waals surface area contributed by atoms with Crippen LogP contribution in [-0.4, -0.2) is 0 Å². The molecule has 0 aromatic heterocycles. The number of unbranched alkanes of at least 4 members (excludes halogenated alkanes) is 3. The van der Waals surface area contributed by atoms with Gasteiger partial charge in [-0.05, 0) is 31.1 Å². The minimum atomic E-state index is 0.812. The molecule has 0 aromatic rings. The van der Waals surface area contributed by atoms with Crippen LogP contribution in [0.15, 0.2) is 12.2 Å². The lowest BCUT2D eigenvalue weighted by Gasteiger charge is -2.02. The van der Waals surface area contributed by atoms with E-state index in [0.717, 1.165) is 11.8 Å². The highest BCUT2D eigenvalue weighted by Crippen LogP contribution is 2.10. The van der Waals surface area contributed by atoms with Crippen molar-refractivity contribution in [3.63, 3.8) is 0 Å². The Morgan fingerprint density at radius 3 is 2.07 bits per heavy atom. The van der Waals surface area contributed by atoms with Crippen molar-refractivity contribution < 1.29 is 0 Å². The maximum Gasteiger partial charge on any atom is -0.0327 e. The van der Waals surface area contributed by atoms with Crippen molar-refractivity contribution in [2.75, 3.05) is 0 Å². The fourth-order valence-electron chi connectivity index (χ4n) is 1.48. The predicted molar refractivity (Wildman–Crippen MR) is 66.5 cm³/mol. The molecule has 84 valence electrons. The van der Waals surface area contributed by atoms with Gasteiger partial charge in [0.25, 0.3) is 0 Å². The quantitative estimate of drug-likeness (QED) is 0.370. The molecule has 0 radical (unpaired) electrons. The van der Waals surface area contributed by atoms with Gasteiger partial charge in [0, 0.05) is 0 Å². The van der Waals surface area contributed by atoms with Gasteiger partial charge in [-0.1, -0.05) is 59.1 Å². The molecule has 0 saturated heterocycles. The maximum atomic E-state index is 2.36. The Morgan fingerprint density at radius 1 is 0.786 bits per heavy atom. The summed E-state index contributed by atoms with van der Waals surface area (Å²) in [6, 6.07) is 0. The monoisotopic (exact) mass is 196 g/mol. The molecular formula is C14H28. The zero-order chi connectivity index (χ0) is 10.8. The summed E-state index contributed by atoms with van der Waals surface area (Å²) in [5, 5.41) is 0. The average Bonchev–Trinajstić information content (AvgIpc) is 2.08. The molecule has 0 aromatic carbocycles. The molecule has 0 aliphatic carbocycles. The average molecular weight is 196 g/mol. The lowest BCUT2D eigenvalue weighted by molar-refractivity contribution is 0.528. The second kappa shape index (κ2) is 9.30. The van der Waals surface area contributed by atoms with Gasteiger partial charge in [0.1, 0.15) is 0 Å². The molecule has 0 fully saturated rings. The van der Waals surface area contributed by atoms with Crippen LogP contribution < -0.4 is 0 Å². The van der Waals surface area contributed by atoms with E-state index >= 15 is 0 Å². The fourth-order valence-corrected chi connectivity index (χ4v) is 1.48. The molecule has 0 rings (SSSR count). The van der Waals surface area contributed by atoms with Crippen LogP contribution in [0.4, 0.5) is 0 Å². The zero-order valence-electron chi connectivity index (χ0n) is 10.6. The van der Waals surface area contributed by atoms with Crippen molar-refractivity contribution in [3.05, 3.63) is 12.2 Å². The van der Waals surface area contributed by atoms with Crippen LogP contribution in [0.5, 0.6) is 0 Å². The standard InChI is InChI=1S/C14H28/c1-13(2)11-9-7-5-6-8-10-12-14(3)4/h7,9,13-14H,5-6,8,10-12H2,1-4H3/b9-7-. The van der Waals surface area contributed by atoms with Gasteiger partial charge in [-0.3, -0.25) is 0 Å². The minimum absolute atomic E-state index is 0.812. The molecule has 0 aliphatic heterocycles. The first kappa shape index (κ1) is 13.7. The lowest BCUT2D eigenvalue weighted by Crippen LogP contribution is -1.86. The minimum Gasteiger partial charge on any atom is -0.0885 e. The van der Waals surface area contributed by atoms with E-state index in [-0.39, 0.29) is 0 Å². The Morgan fingerprint density at radius 2 is 1.50 bits per heavy atom.